The van der Waals surface area contributed by atoms with Gasteiger partial charge in [0.2, 0.25) is 0 Å². The van der Waals surface area contributed by atoms with Gasteiger partial charge in [0.1, 0.15) is 17.7 Å². The zero-order chi connectivity index (χ0) is 26.9. The van der Waals surface area contributed by atoms with Crippen LogP contribution in [0.15, 0.2) is 84.9 Å². The number of hydrogen-bond donors (Lipinski definition) is 0. The molecule has 3 nitrogen and oxygen atoms in total. The third kappa shape index (κ3) is 5.41. The minimum absolute atomic E-state index is 0.119. The number of benzene rings is 4. The average molecular weight is 540 g/mol. The predicted molar refractivity (Wildman–Crippen MR) is 152 cm³/mol. The number of hydrogen-bond acceptors (Lipinski definition) is 3. The summed E-state index contributed by atoms with van der Waals surface area (Å²) >= 11 is 6.14. The first-order chi connectivity index (χ1) is 19.0. The monoisotopic (exact) mass is 539 g/mol. The molecular weight excluding hydrogens is 512 g/mol. The van der Waals surface area contributed by atoms with Gasteiger partial charge in [-0.2, -0.15) is 5.26 Å². The number of nitriles is 1. The molecule has 0 aromatic heterocycles. The van der Waals surface area contributed by atoms with E-state index < -0.39 is 0 Å². The van der Waals surface area contributed by atoms with Crippen LogP contribution >= 0.6 is 11.6 Å². The third-order valence-electron chi connectivity index (χ3n) is 7.85. The van der Waals surface area contributed by atoms with Crippen molar-refractivity contribution in [2.24, 2.45) is 0 Å². The second kappa shape index (κ2) is 10.8. The van der Waals surface area contributed by atoms with Crippen LogP contribution in [0, 0.1) is 23.0 Å². The Morgan fingerprint density at radius 1 is 0.744 bits per heavy atom. The van der Waals surface area contributed by atoms with Gasteiger partial charge in [-0.1, -0.05) is 48.0 Å². The summed E-state index contributed by atoms with van der Waals surface area (Å²) in [5.74, 6) is -0.122. The van der Waals surface area contributed by atoms with Gasteiger partial charge in [-0.25, -0.2) is 8.78 Å². The summed E-state index contributed by atoms with van der Waals surface area (Å²) in [5, 5.41) is 10.9. The molecule has 1 heterocycles. The van der Waals surface area contributed by atoms with E-state index in [1.54, 1.807) is 24.3 Å². The molecule has 1 saturated heterocycles. The Kier molecular flexibility index (Phi) is 7.08. The minimum Gasteiger partial charge on any atom is -0.368 e. The molecule has 196 valence electrons. The summed E-state index contributed by atoms with van der Waals surface area (Å²) in [4.78, 5) is 4.67. The molecule has 2 fully saturated rings. The number of anilines is 1. The van der Waals surface area contributed by atoms with Gasteiger partial charge in [0.15, 0.2) is 0 Å². The highest BCUT2D eigenvalue weighted by Crippen LogP contribution is 2.46. The summed E-state index contributed by atoms with van der Waals surface area (Å²) < 4.78 is 27.4. The molecule has 6 rings (SSSR count). The maximum Gasteiger partial charge on any atom is 0.123 e. The SMILES string of the molecule is N#Cc1c(C2CC2)cc(-c2ccc(Cl)cc2)cc1N1CCN(C(c2ccc(F)cc2)c2ccc(F)cc2)CC1. The van der Waals surface area contributed by atoms with Gasteiger partial charge in [0, 0.05) is 31.2 Å². The molecule has 39 heavy (non-hydrogen) atoms. The van der Waals surface area contributed by atoms with Crippen molar-refractivity contribution in [1.29, 1.82) is 5.26 Å². The second-order valence-electron chi connectivity index (χ2n) is 10.4. The molecule has 1 aliphatic carbocycles. The molecule has 4 aromatic rings. The first-order valence-electron chi connectivity index (χ1n) is 13.3. The number of rotatable bonds is 6. The number of nitrogens with zero attached hydrogens (tertiary/aromatic N) is 3. The van der Waals surface area contributed by atoms with Gasteiger partial charge in [-0.05, 0) is 95.1 Å². The van der Waals surface area contributed by atoms with E-state index in [1.165, 1.54) is 24.3 Å². The molecule has 0 unspecified atom stereocenters. The Labute approximate surface area is 232 Å². The van der Waals surface area contributed by atoms with E-state index >= 15 is 0 Å². The van der Waals surface area contributed by atoms with Crippen LogP contribution in [0.2, 0.25) is 5.02 Å². The van der Waals surface area contributed by atoms with E-state index in [9.17, 15) is 14.0 Å². The van der Waals surface area contributed by atoms with E-state index in [0.717, 1.165) is 78.1 Å². The maximum absolute atomic E-state index is 13.7. The van der Waals surface area contributed by atoms with Gasteiger partial charge in [-0.15, -0.1) is 0 Å². The molecule has 0 spiro atoms. The highest BCUT2D eigenvalue weighted by atomic mass is 35.5. The van der Waals surface area contributed by atoms with E-state index in [1.807, 2.05) is 24.3 Å². The lowest BCUT2D eigenvalue weighted by atomic mass is 9.94. The lowest BCUT2D eigenvalue weighted by Crippen LogP contribution is -2.48. The summed E-state index contributed by atoms with van der Waals surface area (Å²) in [5.41, 5.74) is 7.01. The molecule has 6 heteroatoms. The van der Waals surface area contributed by atoms with Crippen LogP contribution in [0.5, 0.6) is 0 Å². The largest absolute Gasteiger partial charge is 0.368 e. The van der Waals surface area contributed by atoms with Crippen LogP contribution < -0.4 is 4.90 Å². The summed E-state index contributed by atoms with van der Waals surface area (Å²) in [6.45, 7) is 2.96. The van der Waals surface area contributed by atoms with Gasteiger partial charge >= 0.3 is 0 Å². The van der Waals surface area contributed by atoms with Crippen molar-refractivity contribution in [2.75, 3.05) is 31.1 Å². The summed E-state index contributed by atoms with van der Waals surface area (Å²) in [7, 11) is 0. The van der Waals surface area contributed by atoms with Crippen LogP contribution in [-0.2, 0) is 0 Å². The van der Waals surface area contributed by atoms with Gasteiger partial charge < -0.3 is 4.90 Å². The van der Waals surface area contributed by atoms with Crippen molar-refractivity contribution in [1.82, 2.24) is 4.90 Å². The predicted octanol–water partition coefficient (Wildman–Crippen LogP) is 7.95. The van der Waals surface area contributed by atoms with Crippen LogP contribution in [0.3, 0.4) is 0 Å². The molecule has 1 aliphatic heterocycles. The first-order valence-corrected chi connectivity index (χ1v) is 13.7. The Bertz CT molecular complexity index is 1450. The molecule has 0 bridgehead atoms. The van der Waals surface area contributed by atoms with E-state index in [-0.39, 0.29) is 17.7 Å². The fraction of sp³-hybridized carbons (Fsp3) is 0.242. The van der Waals surface area contributed by atoms with E-state index in [0.29, 0.717) is 10.9 Å². The molecule has 0 amide bonds. The molecule has 0 radical (unpaired) electrons. The number of halogens is 3. The average Bonchev–Trinajstić information content (AvgIpc) is 3.81. The molecular formula is C33H28ClF2N3. The number of piperazine rings is 1. The Morgan fingerprint density at radius 2 is 1.31 bits per heavy atom. The smallest absolute Gasteiger partial charge is 0.123 e. The summed E-state index contributed by atoms with van der Waals surface area (Å²) in [6.07, 6.45) is 2.23. The van der Waals surface area contributed by atoms with Crippen LogP contribution in [0.1, 0.15) is 47.1 Å². The third-order valence-corrected chi connectivity index (χ3v) is 8.10. The lowest BCUT2D eigenvalue weighted by molar-refractivity contribution is 0.212. The molecule has 0 N–H and O–H groups in total. The van der Waals surface area contributed by atoms with E-state index in [2.05, 4.69) is 28.0 Å². The quantitative estimate of drug-likeness (QED) is 0.249. The van der Waals surface area contributed by atoms with Crippen molar-refractivity contribution < 1.29 is 8.78 Å². The van der Waals surface area contributed by atoms with Crippen molar-refractivity contribution in [3.8, 4) is 17.2 Å². The topological polar surface area (TPSA) is 30.3 Å². The fourth-order valence-electron chi connectivity index (χ4n) is 5.67. The fourth-order valence-corrected chi connectivity index (χ4v) is 5.80. The normalized spacial score (nSPS) is 15.9. The van der Waals surface area contributed by atoms with Gasteiger partial charge in [0.25, 0.3) is 0 Å². The molecule has 2 aliphatic rings. The van der Waals surface area contributed by atoms with Crippen LogP contribution in [-0.4, -0.2) is 31.1 Å². The zero-order valence-electron chi connectivity index (χ0n) is 21.5. The first kappa shape index (κ1) is 25.6. The highest BCUT2D eigenvalue weighted by molar-refractivity contribution is 6.30. The minimum atomic E-state index is -0.280. The molecule has 0 atom stereocenters. The maximum atomic E-state index is 13.7. The molecule has 4 aromatic carbocycles. The van der Waals surface area contributed by atoms with Crippen molar-refractivity contribution in [3.63, 3.8) is 0 Å². The zero-order valence-corrected chi connectivity index (χ0v) is 22.2. The van der Waals surface area contributed by atoms with Crippen LogP contribution in [0.4, 0.5) is 14.5 Å². The van der Waals surface area contributed by atoms with Gasteiger partial charge in [-0.3, -0.25) is 4.90 Å². The Morgan fingerprint density at radius 3 is 1.82 bits per heavy atom. The summed E-state index contributed by atoms with van der Waals surface area (Å²) in [6, 6.07) is 27.7. The van der Waals surface area contributed by atoms with E-state index in [4.69, 9.17) is 11.6 Å². The lowest BCUT2D eigenvalue weighted by Gasteiger charge is -2.41. The molecule has 1 saturated carbocycles. The van der Waals surface area contributed by atoms with Crippen molar-refractivity contribution in [3.05, 3.63) is 124 Å². The highest BCUT2D eigenvalue weighted by Gasteiger charge is 2.32. The standard InChI is InChI=1S/C33H28ClF2N3/c34-27-9-3-22(4-10-27)26-19-30(23-1-2-23)31(21-37)32(20-26)38-15-17-39(18-16-38)33(24-5-11-28(35)12-6-24)25-7-13-29(36)14-8-25/h3-14,19-20,23,33H,1-2,15-18H2. The Hall–Kier alpha value is -3.72. The van der Waals surface area contributed by atoms with Crippen molar-refractivity contribution in [2.45, 2.75) is 24.8 Å². The second-order valence-corrected chi connectivity index (χ2v) is 10.8. The van der Waals surface area contributed by atoms with Crippen molar-refractivity contribution >= 4 is 17.3 Å². The Balaban J connectivity index is 1.31. The van der Waals surface area contributed by atoms with Crippen LogP contribution in [0.25, 0.3) is 11.1 Å². The van der Waals surface area contributed by atoms with Gasteiger partial charge in [0.05, 0.1) is 17.3 Å².